The lowest BCUT2D eigenvalue weighted by Gasteiger charge is -2.25. The number of fused-ring (bicyclic) bond motifs is 3. The first-order chi connectivity index (χ1) is 12.2. The second-order valence-corrected chi connectivity index (χ2v) is 7.26. The summed E-state index contributed by atoms with van der Waals surface area (Å²) in [5.41, 5.74) is 2.90. The standard InChI is InChI=1S/C21H24N2O2/c1-14(25-19-7-4-10-22-13-19)21(24)23-20-17-8-9-18(20)12-16-6-3-2-5-15(16)11-17/h2-7,10,13-14,17-18,20H,8-9,11-12H2,1H3,(H,23,24). The summed E-state index contributed by atoms with van der Waals surface area (Å²) in [7, 11) is 0. The maximum Gasteiger partial charge on any atom is 0.261 e. The molecule has 0 radical (unpaired) electrons. The molecule has 25 heavy (non-hydrogen) atoms. The molecule has 1 saturated carbocycles. The number of pyridine rings is 1. The van der Waals surface area contributed by atoms with Crippen molar-refractivity contribution in [3.05, 3.63) is 59.9 Å². The molecule has 2 aliphatic rings. The highest BCUT2D eigenvalue weighted by molar-refractivity contribution is 5.81. The summed E-state index contributed by atoms with van der Waals surface area (Å²) in [6.45, 7) is 1.80. The number of nitrogens with zero attached hydrogens (tertiary/aromatic N) is 1. The average Bonchev–Trinajstić information content (AvgIpc) is 2.90. The van der Waals surface area contributed by atoms with Crippen molar-refractivity contribution in [2.75, 3.05) is 0 Å². The van der Waals surface area contributed by atoms with Crippen molar-refractivity contribution in [3.63, 3.8) is 0 Å². The highest BCUT2D eigenvalue weighted by Gasteiger charge is 2.40. The lowest BCUT2D eigenvalue weighted by Crippen LogP contribution is -2.47. The summed E-state index contributed by atoms with van der Waals surface area (Å²) in [6.07, 6.45) is 7.33. The van der Waals surface area contributed by atoms with Gasteiger partial charge in [-0.05, 0) is 67.7 Å². The molecule has 1 heterocycles. The Morgan fingerprint density at radius 2 is 1.80 bits per heavy atom. The fourth-order valence-corrected chi connectivity index (χ4v) is 4.34. The molecule has 4 nitrogen and oxygen atoms in total. The highest BCUT2D eigenvalue weighted by Crippen LogP contribution is 2.40. The van der Waals surface area contributed by atoms with Crippen molar-refractivity contribution in [2.45, 2.75) is 44.8 Å². The van der Waals surface area contributed by atoms with Gasteiger partial charge in [-0.15, -0.1) is 0 Å². The van der Waals surface area contributed by atoms with Crippen LogP contribution >= 0.6 is 0 Å². The summed E-state index contributed by atoms with van der Waals surface area (Å²) in [5, 5.41) is 3.29. The molecule has 2 aromatic rings. The van der Waals surface area contributed by atoms with Gasteiger partial charge in [-0.1, -0.05) is 24.3 Å². The smallest absolute Gasteiger partial charge is 0.261 e. The molecule has 3 atom stereocenters. The number of rotatable bonds is 4. The first kappa shape index (κ1) is 16.1. The van der Waals surface area contributed by atoms with Gasteiger partial charge in [-0.3, -0.25) is 9.78 Å². The minimum atomic E-state index is -0.519. The Morgan fingerprint density at radius 3 is 2.40 bits per heavy atom. The van der Waals surface area contributed by atoms with Crippen molar-refractivity contribution in [3.8, 4) is 5.75 Å². The molecule has 130 valence electrons. The summed E-state index contributed by atoms with van der Waals surface area (Å²) in [6, 6.07) is 12.6. The molecule has 4 heteroatoms. The van der Waals surface area contributed by atoms with Gasteiger partial charge in [-0.25, -0.2) is 0 Å². The van der Waals surface area contributed by atoms with E-state index in [9.17, 15) is 4.79 Å². The predicted octanol–water partition coefficient (Wildman–Crippen LogP) is 3.16. The molecule has 0 aliphatic heterocycles. The van der Waals surface area contributed by atoms with Gasteiger partial charge < -0.3 is 10.1 Å². The van der Waals surface area contributed by atoms with Crippen LogP contribution in [0.25, 0.3) is 0 Å². The number of hydrogen-bond donors (Lipinski definition) is 1. The molecular weight excluding hydrogens is 312 g/mol. The quantitative estimate of drug-likeness (QED) is 0.933. The Kier molecular flexibility index (Phi) is 4.43. The van der Waals surface area contributed by atoms with Gasteiger partial charge in [0.1, 0.15) is 5.75 Å². The van der Waals surface area contributed by atoms with Gasteiger partial charge in [0.05, 0.1) is 6.20 Å². The summed E-state index contributed by atoms with van der Waals surface area (Å²) in [5.74, 6) is 1.66. The van der Waals surface area contributed by atoms with Crippen LogP contribution in [-0.2, 0) is 17.6 Å². The molecule has 2 bridgehead atoms. The molecular formula is C21H24N2O2. The lowest BCUT2D eigenvalue weighted by atomic mass is 9.94. The van der Waals surface area contributed by atoms with Crippen LogP contribution in [0.15, 0.2) is 48.8 Å². The fourth-order valence-electron chi connectivity index (χ4n) is 4.34. The van der Waals surface area contributed by atoms with E-state index in [-0.39, 0.29) is 11.9 Å². The van der Waals surface area contributed by atoms with E-state index >= 15 is 0 Å². The average molecular weight is 336 g/mol. The molecule has 1 aromatic heterocycles. The molecule has 1 N–H and O–H groups in total. The van der Waals surface area contributed by atoms with Gasteiger partial charge in [0.2, 0.25) is 0 Å². The summed E-state index contributed by atoms with van der Waals surface area (Å²) >= 11 is 0. The Morgan fingerprint density at radius 1 is 1.12 bits per heavy atom. The van der Waals surface area contributed by atoms with Crippen LogP contribution in [-0.4, -0.2) is 23.0 Å². The van der Waals surface area contributed by atoms with Crippen LogP contribution in [0.3, 0.4) is 0 Å². The molecule has 1 aromatic carbocycles. The normalized spacial score (nSPS) is 25.6. The van der Waals surface area contributed by atoms with E-state index in [1.54, 1.807) is 19.3 Å². The van der Waals surface area contributed by atoms with Gasteiger partial charge in [0.15, 0.2) is 6.10 Å². The van der Waals surface area contributed by atoms with Gasteiger partial charge >= 0.3 is 0 Å². The van der Waals surface area contributed by atoms with Crippen LogP contribution in [0.4, 0.5) is 0 Å². The van der Waals surface area contributed by atoms with E-state index in [0.29, 0.717) is 17.6 Å². The van der Waals surface area contributed by atoms with Crippen LogP contribution in [0.2, 0.25) is 0 Å². The van der Waals surface area contributed by atoms with Crippen LogP contribution < -0.4 is 10.1 Å². The zero-order valence-electron chi connectivity index (χ0n) is 14.5. The first-order valence-electron chi connectivity index (χ1n) is 9.14. The van der Waals surface area contributed by atoms with Crippen LogP contribution in [0, 0.1) is 11.8 Å². The zero-order valence-corrected chi connectivity index (χ0v) is 14.5. The van der Waals surface area contributed by atoms with Crippen molar-refractivity contribution in [2.24, 2.45) is 11.8 Å². The Hall–Kier alpha value is -2.36. The minimum Gasteiger partial charge on any atom is -0.479 e. The van der Waals surface area contributed by atoms with Crippen LogP contribution in [0.5, 0.6) is 5.75 Å². The van der Waals surface area contributed by atoms with Gasteiger partial charge in [0.25, 0.3) is 5.91 Å². The summed E-state index contributed by atoms with van der Waals surface area (Å²) < 4.78 is 5.73. The molecule has 0 saturated heterocycles. The van der Waals surface area contributed by atoms with E-state index in [2.05, 4.69) is 34.6 Å². The van der Waals surface area contributed by atoms with E-state index in [0.717, 1.165) is 12.8 Å². The van der Waals surface area contributed by atoms with Crippen molar-refractivity contribution in [1.29, 1.82) is 0 Å². The monoisotopic (exact) mass is 336 g/mol. The number of carbonyl (C=O) groups is 1. The maximum atomic E-state index is 12.7. The number of carbonyl (C=O) groups excluding carboxylic acids is 1. The fraction of sp³-hybridized carbons (Fsp3) is 0.429. The second-order valence-electron chi connectivity index (χ2n) is 7.26. The maximum absolute atomic E-state index is 12.7. The number of ether oxygens (including phenoxy) is 1. The van der Waals surface area contributed by atoms with E-state index in [4.69, 9.17) is 4.74 Å². The number of benzene rings is 1. The third-order valence-electron chi connectivity index (χ3n) is 5.63. The van der Waals surface area contributed by atoms with Crippen molar-refractivity contribution < 1.29 is 9.53 Å². The molecule has 1 fully saturated rings. The summed E-state index contributed by atoms with van der Waals surface area (Å²) in [4.78, 5) is 16.7. The molecule has 3 unspecified atom stereocenters. The molecule has 2 aliphatic carbocycles. The zero-order chi connectivity index (χ0) is 17.2. The number of hydrogen-bond acceptors (Lipinski definition) is 3. The van der Waals surface area contributed by atoms with Gasteiger partial charge in [-0.2, -0.15) is 0 Å². The van der Waals surface area contributed by atoms with E-state index in [1.807, 2.05) is 12.1 Å². The van der Waals surface area contributed by atoms with Crippen LogP contribution in [0.1, 0.15) is 30.9 Å². The molecule has 0 spiro atoms. The largest absolute Gasteiger partial charge is 0.479 e. The third-order valence-corrected chi connectivity index (χ3v) is 5.63. The number of aromatic nitrogens is 1. The Balaban J connectivity index is 1.43. The van der Waals surface area contributed by atoms with Crippen molar-refractivity contribution >= 4 is 5.91 Å². The third kappa shape index (κ3) is 3.39. The van der Waals surface area contributed by atoms with Crippen molar-refractivity contribution in [1.82, 2.24) is 10.3 Å². The van der Waals surface area contributed by atoms with Gasteiger partial charge in [0, 0.05) is 12.2 Å². The lowest BCUT2D eigenvalue weighted by molar-refractivity contribution is -0.128. The first-order valence-corrected chi connectivity index (χ1v) is 9.14. The van der Waals surface area contributed by atoms with E-state index in [1.165, 1.54) is 24.0 Å². The molecule has 1 amide bonds. The Labute approximate surface area is 148 Å². The highest BCUT2D eigenvalue weighted by atomic mass is 16.5. The molecule has 4 rings (SSSR count). The topological polar surface area (TPSA) is 51.2 Å². The second kappa shape index (κ2) is 6.87. The number of nitrogens with one attached hydrogen (secondary N) is 1. The number of amides is 1. The SMILES string of the molecule is CC(Oc1cccnc1)C(=O)NC1C2CCC1Cc1ccccc1C2. The van der Waals surface area contributed by atoms with E-state index < -0.39 is 6.10 Å². The minimum absolute atomic E-state index is 0.0308. The predicted molar refractivity (Wildman–Crippen MR) is 96.3 cm³/mol. The Bertz CT molecular complexity index is 714.